The van der Waals surface area contributed by atoms with Gasteiger partial charge in [0.05, 0.1) is 17.4 Å². The standard InChI is InChI=1S/C15H9F3N2O3S/c1-22-14(21)11-12-10(5-6-24-12)19-20-13(11)23-9-4-2-3-8(7-9)15(16,17)18/h2-7H,1H3. The van der Waals surface area contributed by atoms with Crippen molar-refractivity contribution in [2.75, 3.05) is 7.11 Å². The van der Waals surface area contributed by atoms with Crippen LogP contribution in [-0.4, -0.2) is 23.3 Å². The number of halogens is 3. The van der Waals surface area contributed by atoms with Crippen molar-refractivity contribution >= 4 is 27.5 Å². The fourth-order valence-electron chi connectivity index (χ4n) is 2.02. The summed E-state index contributed by atoms with van der Waals surface area (Å²) < 4.78 is 48.9. The molecule has 3 aromatic rings. The van der Waals surface area contributed by atoms with Crippen LogP contribution in [0.1, 0.15) is 15.9 Å². The SMILES string of the molecule is COC(=O)c1c(Oc2cccc(C(F)(F)F)c2)nnc2ccsc12. The summed E-state index contributed by atoms with van der Waals surface area (Å²) in [6.45, 7) is 0. The van der Waals surface area contributed by atoms with Crippen LogP contribution in [0.15, 0.2) is 35.7 Å². The Morgan fingerprint density at radius 3 is 2.71 bits per heavy atom. The molecule has 0 bridgehead atoms. The number of nitrogens with zero attached hydrogens (tertiary/aromatic N) is 2. The molecule has 0 radical (unpaired) electrons. The Balaban J connectivity index is 2.06. The first kappa shape index (κ1) is 16.2. The number of carbonyl (C=O) groups excluding carboxylic acids is 1. The molecule has 5 nitrogen and oxygen atoms in total. The van der Waals surface area contributed by atoms with E-state index in [4.69, 9.17) is 9.47 Å². The number of ether oxygens (including phenoxy) is 2. The minimum absolute atomic E-state index is 0.0231. The molecule has 9 heteroatoms. The molecular formula is C15H9F3N2O3S. The Bertz CT molecular complexity index is 908. The number of hydrogen-bond acceptors (Lipinski definition) is 6. The summed E-state index contributed by atoms with van der Waals surface area (Å²) in [5.74, 6) is -1.03. The van der Waals surface area contributed by atoms with Gasteiger partial charge in [-0.15, -0.1) is 21.5 Å². The smallest absolute Gasteiger partial charge is 0.416 e. The van der Waals surface area contributed by atoms with Gasteiger partial charge >= 0.3 is 12.1 Å². The number of carbonyl (C=O) groups is 1. The number of esters is 1. The highest BCUT2D eigenvalue weighted by Gasteiger charge is 2.31. The van der Waals surface area contributed by atoms with Crippen LogP contribution in [0.2, 0.25) is 0 Å². The predicted octanol–water partition coefficient (Wildman–Crippen LogP) is 4.29. The van der Waals surface area contributed by atoms with Crippen LogP contribution in [0.25, 0.3) is 10.2 Å². The van der Waals surface area contributed by atoms with Gasteiger partial charge in [0.25, 0.3) is 5.88 Å². The largest absolute Gasteiger partial charge is 0.465 e. The minimum atomic E-state index is -4.51. The first-order valence-electron chi connectivity index (χ1n) is 6.57. The van der Waals surface area contributed by atoms with E-state index in [1.807, 2.05) is 0 Å². The van der Waals surface area contributed by atoms with Gasteiger partial charge in [-0.3, -0.25) is 0 Å². The summed E-state index contributed by atoms with van der Waals surface area (Å²) in [6, 6.07) is 5.93. The number of rotatable bonds is 3. The summed E-state index contributed by atoms with van der Waals surface area (Å²) >= 11 is 1.23. The summed E-state index contributed by atoms with van der Waals surface area (Å²) in [4.78, 5) is 12.0. The molecule has 0 aliphatic carbocycles. The van der Waals surface area contributed by atoms with Gasteiger partial charge in [0.2, 0.25) is 0 Å². The normalized spacial score (nSPS) is 11.5. The van der Waals surface area contributed by atoms with Crippen LogP contribution in [0, 0.1) is 0 Å². The van der Waals surface area contributed by atoms with Crippen molar-refractivity contribution < 1.29 is 27.4 Å². The number of thiophene rings is 1. The fraction of sp³-hybridized carbons (Fsp3) is 0.133. The molecular weight excluding hydrogens is 345 g/mol. The van der Waals surface area contributed by atoms with Crippen molar-refractivity contribution in [3.63, 3.8) is 0 Å². The number of hydrogen-bond donors (Lipinski definition) is 0. The second kappa shape index (κ2) is 6.08. The van der Waals surface area contributed by atoms with Crippen molar-refractivity contribution in [3.05, 3.63) is 46.8 Å². The van der Waals surface area contributed by atoms with E-state index in [1.165, 1.54) is 30.6 Å². The lowest BCUT2D eigenvalue weighted by atomic mass is 10.2. The van der Waals surface area contributed by atoms with Gasteiger partial charge in [0, 0.05) is 0 Å². The van der Waals surface area contributed by atoms with Crippen molar-refractivity contribution in [2.45, 2.75) is 6.18 Å². The van der Waals surface area contributed by atoms with Crippen LogP contribution in [0.4, 0.5) is 13.2 Å². The van der Waals surface area contributed by atoms with Gasteiger partial charge in [-0.05, 0) is 29.6 Å². The number of methoxy groups -OCH3 is 1. The van der Waals surface area contributed by atoms with Gasteiger partial charge < -0.3 is 9.47 Å². The van der Waals surface area contributed by atoms with E-state index < -0.39 is 17.7 Å². The molecule has 0 atom stereocenters. The van der Waals surface area contributed by atoms with Crippen molar-refractivity contribution in [1.82, 2.24) is 10.2 Å². The fourth-order valence-corrected chi connectivity index (χ4v) is 2.87. The summed E-state index contributed by atoms with van der Waals surface area (Å²) in [5, 5.41) is 9.39. The monoisotopic (exact) mass is 354 g/mol. The summed E-state index contributed by atoms with van der Waals surface area (Å²) in [5.41, 5.74) is -0.378. The highest BCUT2D eigenvalue weighted by molar-refractivity contribution is 7.17. The Kier molecular flexibility index (Phi) is 4.10. The van der Waals surface area contributed by atoms with Gasteiger partial charge in [-0.1, -0.05) is 6.07 Å². The molecule has 0 spiro atoms. The van der Waals surface area contributed by atoms with Crippen molar-refractivity contribution in [1.29, 1.82) is 0 Å². The maximum absolute atomic E-state index is 12.8. The average Bonchev–Trinajstić information content (AvgIpc) is 3.02. The van der Waals surface area contributed by atoms with Gasteiger partial charge in [0.1, 0.15) is 16.8 Å². The number of alkyl halides is 3. The number of fused-ring (bicyclic) bond motifs is 1. The highest BCUT2D eigenvalue weighted by atomic mass is 32.1. The Morgan fingerprint density at radius 1 is 1.21 bits per heavy atom. The van der Waals surface area contributed by atoms with Crippen molar-refractivity contribution in [3.8, 4) is 11.6 Å². The third kappa shape index (κ3) is 3.02. The predicted molar refractivity (Wildman–Crippen MR) is 80.3 cm³/mol. The van der Waals surface area contributed by atoms with E-state index in [0.717, 1.165) is 12.1 Å². The highest BCUT2D eigenvalue weighted by Crippen LogP contribution is 2.35. The molecule has 1 aromatic carbocycles. The van der Waals surface area contributed by atoms with E-state index >= 15 is 0 Å². The van der Waals surface area contributed by atoms with Crippen LogP contribution >= 0.6 is 11.3 Å². The van der Waals surface area contributed by atoms with E-state index in [2.05, 4.69) is 10.2 Å². The van der Waals surface area contributed by atoms with Crippen LogP contribution in [-0.2, 0) is 10.9 Å². The Hall–Kier alpha value is -2.68. The molecule has 0 aliphatic rings. The molecule has 0 saturated carbocycles. The third-order valence-electron chi connectivity index (χ3n) is 3.10. The average molecular weight is 354 g/mol. The van der Waals surface area contributed by atoms with Crippen molar-refractivity contribution in [2.24, 2.45) is 0 Å². The third-order valence-corrected chi connectivity index (χ3v) is 4.02. The molecule has 0 amide bonds. The van der Waals surface area contributed by atoms with E-state index in [9.17, 15) is 18.0 Å². The number of benzene rings is 1. The zero-order chi connectivity index (χ0) is 17.3. The van der Waals surface area contributed by atoms with Gasteiger partial charge in [-0.2, -0.15) is 13.2 Å². The lowest BCUT2D eigenvalue weighted by Crippen LogP contribution is -2.07. The molecule has 24 heavy (non-hydrogen) atoms. The lowest BCUT2D eigenvalue weighted by Gasteiger charge is -2.11. The molecule has 0 saturated heterocycles. The number of aromatic nitrogens is 2. The van der Waals surface area contributed by atoms with E-state index in [-0.39, 0.29) is 17.2 Å². The van der Waals surface area contributed by atoms with Crippen LogP contribution in [0.5, 0.6) is 11.6 Å². The molecule has 0 unspecified atom stereocenters. The van der Waals surface area contributed by atoms with Crippen LogP contribution in [0.3, 0.4) is 0 Å². The Morgan fingerprint density at radius 2 is 2.00 bits per heavy atom. The lowest BCUT2D eigenvalue weighted by molar-refractivity contribution is -0.137. The first-order chi connectivity index (χ1) is 11.4. The van der Waals surface area contributed by atoms with Gasteiger partial charge in [0.15, 0.2) is 0 Å². The Labute approximate surface area is 137 Å². The zero-order valence-corrected chi connectivity index (χ0v) is 12.9. The maximum atomic E-state index is 12.8. The summed E-state index contributed by atoms with van der Waals surface area (Å²) in [6.07, 6.45) is -4.51. The molecule has 3 rings (SSSR count). The molecule has 0 aliphatic heterocycles. The molecule has 2 heterocycles. The maximum Gasteiger partial charge on any atom is 0.416 e. The molecule has 124 valence electrons. The topological polar surface area (TPSA) is 61.3 Å². The second-order valence-corrected chi connectivity index (χ2v) is 5.55. The van der Waals surface area contributed by atoms with E-state index in [0.29, 0.717) is 10.2 Å². The summed E-state index contributed by atoms with van der Waals surface area (Å²) in [7, 11) is 1.19. The first-order valence-corrected chi connectivity index (χ1v) is 7.45. The van der Waals surface area contributed by atoms with Gasteiger partial charge in [-0.25, -0.2) is 4.79 Å². The zero-order valence-electron chi connectivity index (χ0n) is 12.1. The second-order valence-electron chi connectivity index (χ2n) is 4.63. The van der Waals surface area contributed by atoms with Crippen LogP contribution < -0.4 is 4.74 Å². The molecule has 0 N–H and O–H groups in total. The van der Waals surface area contributed by atoms with E-state index in [1.54, 1.807) is 11.4 Å². The molecule has 0 fully saturated rings. The minimum Gasteiger partial charge on any atom is -0.465 e. The quantitative estimate of drug-likeness (QED) is 0.657. The molecule has 2 aromatic heterocycles.